The Hall–Kier alpha value is -6.18. The summed E-state index contributed by atoms with van der Waals surface area (Å²) in [5.41, 5.74) is -9.58. The highest BCUT2D eigenvalue weighted by Gasteiger charge is 2.80. The first-order valence-corrected chi connectivity index (χ1v) is 24.3. The molecule has 8 rings (SSSR count). The van der Waals surface area contributed by atoms with Crippen molar-refractivity contribution >= 4 is 35.8 Å². The van der Waals surface area contributed by atoms with Gasteiger partial charge in [0.05, 0.1) is 29.6 Å². The number of hydrogen-bond acceptors (Lipinski definition) is 17. The van der Waals surface area contributed by atoms with Crippen LogP contribution in [0.4, 0.5) is 4.79 Å². The number of esters is 4. The zero-order valence-corrected chi connectivity index (χ0v) is 42.9. The van der Waals surface area contributed by atoms with Crippen LogP contribution in [0.1, 0.15) is 110 Å². The second-order valence-corrected chi connectivity index (χ2v) is 21.9. The van der Waals surface area contributed by atoms with E-state index in [0.29, 0.717) is 11.3 Å². The number of ketones is 1. The number of ether oxygens (including phenoxy) is 8. The molecule has 5 aliphatic rings. The highest BCUT2D eigenvalue weighted by atomic mass is 16.6. The van der Waals surface area contributed by atoms with Gasteiger partial charge in [0.25, 0.3) is 0 Å². The van der Waals surface area contributed by atoms with Gasteiger partial charge in [0.1, 0.15) is 59.7 Å². The van der Waals surface area contributed by atoms with E-state index in [1.54, 1.807) is 90.9 Å². The third-order valence-corrected chi connectivity index (χ3v) is 15.3. The predicted molar refractivity (Wildman–Crippen MR) is 257 cm³/mol. The zero-order valence-electron chi connectivity index (χ0n) is 42.9. The lowest BCUT2D eigenvalue weighted by Crippen LogP contribution is -2.85. The molecule has 3 aromatic rings. The van der Waals surface area contributed by atoms with Gasteiger partial charge in [0, 0.05) is 25.7 Å². The molecule has 4 fully saturated rings. The molecule has 73 heavy (non-hydrogen) atoms. The fourth-order valence-electron chi connectivity index (χ4n) is 11.9. The van der Waals surface area contributed by atoms with Crippen LogP contribution in [0.15, 0.2) is 96.1 Å². The highest BCUT2D eigenvalue weighted by molar-refractivity contribution is 5.96. The number of carbonyl (C=O) groups is 6. The minimum Gasteiger partial charge on any atom is -0.489 e. The number of carbonyl (C=O) groups excluding carboxylic acids is 6. The molecular formula is C55H65NO17. The minimum absolute atomic E-state index is 0.0271. The van der Waals surface area contributed by atoms with Crippen LogP contribution in [0.25, 0.3) is 0 Å². The van der Waals surface area contributed by atoms with Crippen molar-refractivity contribution < 1.29 is 82.0 Å². The van der Waals surface area contributed by atoms with Gasteiger partial charge >= 0.3 is 30.0 Å². The second kappa shape index (κ2) is 18.9. The number of rotatable bonds is 10. The summed E-state index contributed by atoms with van der Waals surface area (Å²) in [5.74, 6) is -6.07. The van der Waals surface area contributed by atoms with E-state index in [1.165, 1.54) is 30.9 Å². The van der Waals surface area contributed by atoms with Crippen molar-refractivity contribution in [1.82, 2.24) is 4.90 Å². The standard InChI is InChI=1S/C55H65NO17/c1-29-36(69-48(63)41-38(56(52(9,10)72-41)49(64)73-50(4,5)6)33-22-24-35(25-23-33)66-27-32-18-14-12-15-19-32)26-55(65)46(70-47(62)34-20-16-13-17-21-34)42-53(11,44(61)40(68-30(2)57)37(29)51(55,7)8)43(60)39(59)45-54(42,28-67-45)71-31(3)58/h12-25,36,38-43,45-46,59-60,65H,26-28H2,1-11H3/t36-,38-,39-,40+,41+,42-,43+,45+,46-,53-,54+,55+/m0/s1. The Morgan fingerprint density at radius 3 is 2.00 bits per heavy atom. The molecule has 3 N–H and O–H groups in total. The fourth-order valence-corrected chi connectivity index (χ4v) is 11.9. The third kappa shape index (κ3) is 9.08. The summed E-state index contributed by atoms with van der Waals surface area (Å²) in [6.45, 7) is 16.1. The van der Waals surface area contributed by atoms with Crippen LogP contribution in [0.2, 0.25) is 0 Å². The molecule has 1 amide bonds. The van der Waals surface area contributed by atoms with Gasteiger partial charge in [-0.25, -0.2) is 14.4 Å². The number of amides is 1. The molecule has 12 atom stereocenters. The van der Waals surface area contributed by atoms with Gasteiger partial charge in [-0.1, -0.05) is 74.5 Å². The van der Waals surface area contributed by atoms with E-state index in [1.807, 2.05) is 30.3 Å². The van der Waals surface area contributed by atoms with Crippen LogP contribution in [-0.4, -0.2) is 128 Å². The normalized spacial score (nSPS) is 33.1. The van der Waals surface area contributed by atoms with Crippen molar-refractivity contribution in [2.24, 2.45) is 16.7 Å². The van der Waals surface area contributed by atoms with Crippen LogP contribution in [0.5, 0.6) is 5.75 Å². The molecule has 0 spiro atoms. The number of nitrogens with zero attached hydrogens (tertiary/aromatic N) is 1. The molecular weight excluding hydrogens is 947 g/mol. The Morgan fingerprint density at radius 2 is 1.44 bits per heavy atom. The smallest absolute Gasteiger partial charge is 0.413 e. The molecule has 2 heterocycles. The van der Waals surface area contributed by atoms with Crippen molar-refractivity contribution in [3.05, 3.63) is 113 Å². The molecule has 0 unspecified atom stereocenters. The van der Waals surface area contributed by atoms with E-state index >= 15 is 9.59 Å². The number of benzene rings is 3. The Morgan fingerprint density at radius 1 is 0.822 bits per heavy atom. The average molecular weight is 1010 g/mol. The van der Waals surface area contributed by atoms with Crippen molar-refractivity contribution in [3.8, 4) is 5.75 Å². The quantitative estimate of drug-likeness (QED) is 0.122. The maximum Gasteiger partial charge on any atom is 0.413 e. The van der Waals surface area contributed by atoms with Gasteiger partial charge in [0.2, 0.25) is 0 Å². The summed E-state index contributed by atoms with van der Waals surface area (Å²) in [6.07, 6.45) is -13.8. The van der Waals surface area contributed by atoms with E-state index in [9.17, 15) is 34.5 Å². The predicted octanol–water partition coefficient (Wildman–Crippen LogP) is 5.87. The second-order valence-electron chi connectivity index (χ2n) is 21.9. The molecule has 2 bridgehead atoms. The molecule has 3 aliphatic carbocycles. The summed E-state index contributed by atoms with van der Waals surface area (Å²) < 4.78 is 49.1. The zero-order chi connectivity index (χ0) is 53.4. The molecule has 18 heteroatoms. The highest BCUT2D eigenvalue weighted by Crippen LogP contribution is 2.64. The van der Waals surface area contributed by atoms with E-state index in [2.05, 4.69) is 0 Å². The lowest BCUT2D eigenvalue weighted by Gasteiger charge is -2.68. The molecule has 3 aromatic carbocycles. The third-order valence-electron chi connectivity index (χ3n) is 15.3. The maximum absolute atomic E-state index is 15.8. The van der Waals surface area contributed by atoms with Gasteiger partial charge in [-0.05, 0) is 95.0 Å². The van der Waals surface area contributed by atoms with Gasteiger partial charge in [-0.3, -0.25) is 19.3 Å². The van der Waals surface area contributed by atoms with Crippen molar-refractivity contribution in [2.75, 3.05) is 6.61 Å². The number of aliphatic hydroxyl groups is 3. The molecule has 18 nitrogen and oxygen atoms in total. The first kappa shape index (κ1) is 53.1. The van der Waals surface area contributed by atoms with Crippen LogP contribution < -0.4 is 4.74 Å². The lowest BCUT2D eigenvalue weighted by molar-refractivity contribution is -0.369. The minimum atomic E-state index is -2.48. The Balaban J connectivity index is 1.27. The van der Waals surface area contributed by atoms with Crippen LogP contribution in [0, 0.1) is 16.7 Å². The molecule has 2 saturated heterocycles. The van der Waals surface area contributed by atoms with Crippen molar-refractivity contribution in [1.29, 1.82) is 0 Å². The molecule has 2 aliphatic heterocycles. The first-order chi connectivity index (χ1) is 34.1. The monoisotopic (exact) mass is 1010 g/mol. The average Bonchev–Trinajstić information content (AvgIpc) is 3.60. The number of hydrogen-bond donors (Lipinski definition) is 3. The number of fused-ring (bicyclic) bond motifs is 5. The Kier molecular flexibility index (Phi) is 13.8. The van der Waals surface area contributed by atoms with Gasteiger partial charge in [-0.15, -0.1) is 0 Å². The van der Waals surface area contributed by atoms with Gasteiger partial charge in [-0.2, -0.15) is 0 Å². The van der Waals surface area contributed by atoms with Gasteiger partial charge in [0.15, 0.2) is 23.6 Å². The van der Waals surface area contributed by atoms with E-state index < -0.39 is 137 Å². The van der Waals surface area contributed by atoms with Gasteiger partial charge < -0.3 is 53.2 Å². The fraction of sp³-hybridized carbons (Fsp3) is 0.527. The Labute approximate surface area is 423 Å². The van der Waals surface area contributed by atoms with Crippen LogP contribution >= 0.6 is 0 Å². The summed E-state index contributed by atoms with van der Waals surface area (Å²) >= 11 is 0. The lowest BCUT2D eigenvalue weighted by atomic mass is 9.44. The summed E-state index contributed by atoms with van der Waals surface area (Å²) in [7, 11) is 0. The molecule has 392 valence electrons. The molecule has 2 saturated carbocycles. The van der Waals surface area contributed by atoms with E-state index in [4.69, 9.17) is 37.9 Å². The largest absolute Gasteiger partial charge is 0.489 e. The van der Waals surface area contributed by atoms with Crippen LogP contribution in [-0.2, 0) is 58.9 Å². The van der Waals surface area contributed by atoms with Crippen LogP contribution in [0.3, 0.4) is 0 Å². The molecule has 0 radical (unpaired) electrons. The van der Waals surface area contributed by atoms with Crippen molar-refractivity contribution in [2.45, 2.75) is 160 Å². The summed E-state index contributed by atoms with van der Waals surface area (Å²) in [4.78, 5) is 87.4. The van der Waals surface area contributed by atoms with Crippen molar-refractivity contribution in [3.63, 3.8) is 0 Å². The number of Topliss-reactive ketones (excluding diaryl/α,β-unsaturated/α-hetero) is 1. The maximum atomic E-state index is 15.8. The SMILES string of the molecule is CC(=O)O[C@H]1C(=O)[C@]2(C)[C@H](O)[C@H](O)[C@H]3OC[C@@]3(OC(C)=O)[C@H]2[C@H](OC(=O)c2ccccc2)[C@]2(O)C[C@H](OC(=O)[C@@H]3OC(C)(C)N(C(=O)OC(C)(C)C)[C@H]3c3ccc(OCc4ccccc4)cc3)C(C)=C1C2(C)C. The summed E-state index contributed by atoms with van der Waals surface area (Å²) in [5, 5.41) is 37.9. The molecule has 0 aromatic heterocycles. The summed E-state index contributed by atoms with van der Waals surface area (Å²) in [6, 6.07) is 22.9. The Bertz CT molecular complexity index is 2680. The van der Waals surface area contributed by atoms with E-state index in [-0.39, 0.29) is 23.3 Å². The van der Waals surface area contributed by atoms with E-state index in [0.717, 1.165) is 19.4 Å². The number of aliphatic hydroxyl groups excluding tert-OH is 2. The topological polar surface area (TPSA) is 240 Å². The first-order valence-electron chi connectivity index (χ1n) is 24.3.